The number of aryl methyl sites for hydroxylation is 1. The summed E-state index contributed by atoms with van der Waals surface area (Å²) in [6.45, 7) is 1.39. The number of alkyl halides is 1. The van der Waals surface area contributed by atoms with Gasteiger partial charge in [0.1, 0.15) is 12.5 Å². The zero-order valence-electron chi connectivity index (χ0n) is 20.2. The molecule has 1 amide bonds. The monoisotopic (exact) mass is 514 g/mol. The quantitative estimate of drug-likeness (QED) is 0.314. The Morgan fingerprint density at radius 3 is 2.62 bits per heavy atom. The Balaban J connectivity index is 1.48. The highest BCUT2D eigenvalue weighted by atomic mass is 32.1. The van der Waals surface area contributed by atoms with E-state index in [1.165, 1.54) is 16.3 Å². The van der Waals surface area contributed by atoms with Crippen LogP contribution >= 0.6 is 11.3 Å². The van der Waals surface area contributed by atoms with Gasteiger partial charge in [0.2, 0.25) is 5.95 Å². The molecule has 0 unspecified atom stereocenters. The van der Waals surface area contributed by atoms with Crippen LogP contribution < -0.4 is 10.7 Å². The summed E-state index contributed by atoms with van der Waals surface area (Å²) in [5.41, 5.74) is 11.4. The Morgan fingerprint density at radius 1 is 1.08 bits per heavy atom. The van der Waals surface area contributed by atoms with Crippen LogP contribution in [0.4, 0.5) is 16.2 Å². The molecule has 1 aromatic carbocycles. The van der Waals surface area contributed by atoms with E-state index in [1.54, 1.807) is 60.4 Å². The fourth-order valence-corrected chi connectivity index (χ4v) is 4.65. The number of thiazole rings is 1. The van der Waals surface area contributed by atoms with Crippen molar-refractivity contribution in [2.75, 3.05) is 17.8 Å². The molecule has 0 aliphatic heterocycles. The molecule has 2 N–H and O–H groups in total. The Bertz CT molecular complexity index is 1560. The minimum absolute atomic E-state index is 0.156. The van der Waals surface area contributed by atoms with Crippen LogP contribution in [0.1, 0.15) is 27.3 Å². The molecule has 0 saturated heterocycles. The second-order valence-corrected chi connectivity index (χ2v) is 9.19. The number of hydrazine groups is 1. The molecule has 9 nitrogen and oxygen atoms in total. The lowest BCUT2D eigenvalue weighted by molar-refractivity contribution is 0.0727. The summed E-state index contributed by atoms with van der Waals surface area (Å²) < 4.78 is 13.2. The second kappa shape index (κ2) is 10.2. The summed E-state index contributed by atoms with van der Waals surface area (Å²) in [5, 5.41) is 3.93. The van der Waals surface area contributed by atoms with Gasteiger partial charge in [-0.2, -0.15) is 0 Å². The summed E-state index contributed by atoms with van der Waals surface area (Å²) >= 11 is 1.36. The summed E-state index contributed by atoms with van der Waals surface area (Å²) in [7, 11) is 1.72. The van der Waals surface area contributed by atoms with Crippen LogP contribution in [0, 0.1) is 6.92 Å². The highest BCUT2D eigenvalue weighted by Crippen LogP contribution is 2.28. The van der Waals surface area contributed by atoms with Crippen LogP contribution in [0.15, 0.2) is 66.6 Å². The van der Waals surface area contributed by atoms with Crippen molar-refractivity contribution >= 4 is 39.9 Å². The SMILES string of the molecule is Cc1cc2cc(C(=O)N(Cc3ccc(-c4scnc4CF)cn3)N(C)c3ncccn3)ccc2nc1N. The van der Waals surface area contributed by atoms with Crippen LogP contribution in [0.2, 0.25) is 0 Å². The van der Waals surface area contributed by atoms with Crippen LogP contribution in [-0.2, 0) is 13.2 Å². The molecule has 4 heterocycles. The fourth-order valence-electron chi connectivity index (χ4n) is 3.86. The standard InChI is InChI=1S/C26H23FN8OS/c1-16-10-19-11-17(5-7-21(19)33-24(16)28)25(36)35(34(2)26-29-8-3-9-30-26)14-20-6-4-18(13-31-20)23-22(12-27)32-15-37-23/h3-11,13,15H,12,14H2,1-2H3,(H2,28,33). The molecule has 0 fully saturated rings. The molecule has 11 heteroatoms. The average molecular weight is 515 g/mol. The minimum atomic E-state index is -0.641. The van der Waals surface area contributed by atoms with Crippen LogP contribution in [-0.4, -0.2) is 42.9 Å². The molecule has 186 valence electrons. The van der Waals surface area contributed by atoms with Gasteiger partial charge >= 0.3 is 0 Å². The predicted molar refractivity (Wildman–Crippen MR) is 141 cm³/mol. The molecule has 0 aliphatic carbocycles. The third-order valence-corrected chi connectivity index (χ3v) is 6.81. The normalized spacial score (nSPS) is 11.0. The first-order chi connectivity index (χ1) is 17.9. The van der Waals surface area contributed by atoms with Gasteiger partial charge in [-0.05, 0) is 48.9 Å². The number of carbonyl (C=O) groups is 1. The number of hydrogen-bond acceptors (Lipinski definition) is 9. The van der Waals surface area contributed by atoms with E-state index in [9.17, 15) is 9.18 Å². The lowest BCUT2D eigenvalue weighted by Crippen LogP contribution is -2.45. The van der Waals surface area contributed by atoms with Crippen LogP contribution in [0.3, 0.4) is 0 Å². The van der Waals surface area contributed by atoms with Crippen molar-refractivity contribution in [3.63, 3.8) is 0 Å². The lowest BCUT2D eigenvalue weighted by atomic mass is 10.1. The number of rotatable bonds is 7. The molecule has 0 spiro atoms. The summed E-state index contributed by atoms with van der Waals surface area (Å²) in [6.07, 6.45) is 4.89. The number of pyridine rings is 2. The molecule has 0 radical (unpaired) electrons. The van der Waals surface area contributed by atoms with Gasteiger partial charge in [-0.15, -0.1) is 11.3 Å². The molecule has 0 atom stereocenters. The Morgan fingerprint density at radius 2 is 1.89 bits per heavy atom. The van der Waals surface area contributed by atoms with E-state index < -0.39 is 6.67 Å². The van der Waals surface area contributed by atoms with E-state index in [-0.39, 0.29) is 12.5 Å². The van der Waals surface area contributed by atoms with E-state index in [1.807, 2.05) is 25.1 Å². The fraction of sp³-hybridized carbons (Fsp3) is 0.154. The Hall–Kier alpha value is -4.51. The van der Waals surface area contributed by atoms with E-state index >= 15 is 0 Å². The molecular formula is C26H23FN8OS. The first-order valence-electron chi connectivity index (χ1n) is 11.4. The Labute approximate surface area is 216 Å². The topological polar surface area (TPSA) is 114 Å². The van der Waals surface area contributed by atoms with Crippen molar-refractivity contribution in [2.24, 2.45) is 0 Å². The summed E-state index contributed by atoms with van der Waals surface area (Å²) in [4.78, 5) is 36.1. The van der Waals surface area contributed by atoms with Gasteiger partial charge in [0.25, 0.3) is 5.91 Å². The number of amides is 1. The smallest absolute Gasteiger partial charge is 0.272 e. The molecular weight excluding hydrogens is 491 g/mol. The maximum Gasteiger partial charge on any atom is 0.272 e. The number of halogens is 1. The van der Waals surface area contributed by atoms with Crippen molar-refractivity contribution in [2.45, 2.75) is 20.1 Å². The number of aromatic nitrogens is 5. The van der Waals surface area contributed by atoms with Crippen molar-refractivity contribution in [1.29, 1.82) is 0 Å². The molecule has 0 aliphatic rings. The summed E-state index contributed by atoms with van der Waals surface area (Å²) in [5.74, 6) is 0.552. The van der Waals surface area contributed by atoms with Gasteiger partial charge in [0.05, 0.1) is 33.8 Å². The maximum absolute atomic E-state index is 13.8. The van der Waals surface area contributed by atoms with Gasteiger partial charge < -0.3 is 5.73 Å². The number of anilines is 2. The second-order valence-electron chi connectivity index (χ2n) is 8.33. The number of nitrogen functional groups attached to an aromatic ring is 1. The van der Waals surface area contributed by atoms with E-state index in [0.717, 1.165) is 21.4 Å². The van der Waals surface area contributed by atoms with Gasteiger partial charge in [-0.3, -0.25) is 14.8 Å². The van der Waals surface area contributed by atoms with Crippen LogP contribution in [0.5, 0.6) is 0 Å². The van der Waals surface area contributed by atoms with E-state index in [4.69, 9.17) is 5.73 Å². The van der Waals surface area contributed by atoms with Crippen molar-refractivity contribution in [3.8, 4) is 10.4 Å². The molecule has 4 aromatic heterocycles. The number of carbonyl (C=O) groups excluding carboxylic acids is 1. The van der Waals surface area contributed by atoms with Gasteiger partial charge in [0, 0.05) is 42.2 Å². The van der Waals surface area contributed by atoms with Gasteiger partial charge in [-0.1, -0.05) is 6.07 Å². The number of hydrogen-bond donors (Lipinski definition) is 1. The number of nitrogens with zero attached hydrogens (tertiary/aromatic N) is 7. The molecule has 5 rings (SSSR count). The van der Waals surface area contributed by atoms with Crippen molar-refractivity contribution in [1.82, 2.24) is 29.9 Å². The van der Waals surface area contributed by atoms with E-state index in [2.05, 4.69) is 24.9 Å². The highest BCUT2D eigenvalue weighted by Gasteiger charge is 2.24. The number of fused-ring (bicyclic) bond motifs is 1. The maximum atomic E-state index is 13.8. The Kier molecular flexibility index (Phi) is 6.69. The zero-order chi connectivity index (χ0) is 25.9. The zero-order valence-corrected chi connectivity index (χ0v) is 21.0. The van der Waals surface area contributed by atoms with Crippen molar-refractivity contribution < 1.29 is 9.18 Å². The van der Waals surface area contributed by atoms with Crippen LogP contribution in [0.25, 0.3) is 21.3 Å². The largest absolute Gasteiger partial charge is 0.383 e. The third kappa shape index (κ3) is 4.94. The number of benzene rings is 1. The van der Waals surface area contributed by atoms with E-state index in [0.29, 0.717) is 34.2 Å². The molecule has 0 saturated carbocycles. The highest BCUT2D eigenvalue weighted by molar-refractivity contribution is 7.13. The van der Waals surface area contributed by atoms with Crippen molar-refractivity contribution in [3.05, 3.63) is 89.1 Å². The molecule has 5 aromatic rings. The molecule has 37 heavy (non-hydrogen) atoms. The predicted octanol–water partition coefficient (Wildman–Crippen LogP) is 4.60. The third-order valence-electron chi connectivity index (χ3n) is 5.90. The van der Waals surface area contributed by atoms with Gasteiger partial charge in [-0.25, -0.2) is 29.3 Å². The summed E-state index contributed by atoms with van der Waals surface area (Å²) in [6, 6.07) is 12.6. The lowest BCUT2D eigenvalue weighted by Gasteiger charge is -2.31. The number of nitrogens with two attached hydrogens (primary N) is 1. The average Bonchev–Trinajstić information content (AvgIpc) is 3.41. The first kappa shape index (κ1) is 24.2. The molecule has 0 bridgehead atoms. The minimum Gasteiger partial charge on any atom is -0.383 e. The first-order valence-corrected chi connectivity index (χ1v) is 12.3. The van der Waals surface area contributed by atoms with Gasteiger partial charge in [0.15, 0.2) is 0 Å².